The summed E-state index contributed by atoms with van der Waals surface area (Å²) in [6.45, 7) is 2.13. The van der Waals surface area contributed by atoms with Crippen molar-refractivity contribution in [2.24, 2.45) is 0 Å². The van der Waals surface area contributed by atoms with Gasteiger partial charge in [-0.1, -0.05) is 151 Å². The Morgan fingerprint density at radius 2 is 1.09 bits per heavy atom. The van der Waals surface area contributed by atoms with Gasteiger partial charge >= 0.3 is 0 Å². The van der Waals surface area contributed by atoms with Gasteiger partial charge in [-0.05, 0) is 100 Å². The first-order chi connectivity index (χ1) is 31.6. The highest BCUT2D eigenvalue weighted by Gasteiger charge is 2.31. The van der Waals surface area contributed by atoms with Crippen molar-refractivity contribution >= 4 is 106 Å². The number of nitrogens with zero attached hydrogens (tertiary/aromatic N) is 1. The van der Waals surface area contributed by atoms with Crippen molar-refractivity contribution in [3.8, 4) is 39.1 Å². The lowest BCUT2D eigenvalue weighted by atomic mass is 9.58. The van der Waals surface area contributed by atoms with E-state index in [4.69, 9.17) is 8.83 Å². The van der Waals surface area contributed by atoms with Crippen LogP contribution in [0.1, 0.15) is 5.56 Å². The zero-order valence-corrected chi connectivity index (χ0v) is 34.9. The molecular weight excluding hydrogens is 779 g/mol. The molecule has 0 radical (unpaired) electrons. The molecule has 3 aromatic heterocycles. The van der Waals surface area contributed by atoms with Crippen LogP contribution in [0, 0.1) is 6.92 Å². The molecule has 13 aromatic rings. The Morgan fingerprint density at radius 1 is 0.438 bits per heavy atom. The number of para-hydroxylation sites is 2. The lowest BCUT2D eigenvalue weighted by Gasteiger charge is -2.25. The fourth-order valence-electron chi connectivity index (χ4n) is 10.7. The number of rotatable bonds is 5. The summed E-state index contributed by atoms with van der Waals surface area (Å²) < 4.78 is 15.9. The van der Waals surface area contributed by atoms with Crippen molar-refractivity contribution in [3.63, 3.8) is 0 Å². The number of aromatic nitrogens is 1. The highest BCUT2D eigenvalue weighted by Crippen LogP contribution is 2.48. The zero-order valence-electron chi connectivity index (χ0n) is 34.9. The second-order valence-electron chi connectivity index (χ2n) is 17.3. The van der Waals surface area contributed by atoms with Gasteiger partial charge in [0.1, 0.15) is 22.3 Å². The Bertz CT molecular complexity index is 4080. The maximum absolute atomic E-state index is 6.71. The Balaban J connectivity index is 1.18. The van der Waals surface area contributed by atoms with Crippen molar-refractivity contribution in [2.45, 2.75) is 6.92 Å². The van der Waals surface area contributed by atoms with Crippen LogP contribution in [0.15, 0.2) is 203 Å². The summed E-state index contributed by atoms with van der Waals surface area (Å²) in [7, 11) is 0.713. The van der Waals surface area contributed by atoms with Crippen LogP contribution in [0.2, 0.25) is 0 Å². The van der Waals surface area contributed by atoms with Crippen molar-refractivity contribution in [3.05, 3.63) is 200 Å². The summed E-state index contributed by atoms with van der Waals surface area (Å²) in [6, 6.07) is 70.4. The van der Waals surface area contributed by atoms with E-state index in [1.165, 1.54) is 77.0 Å². The van der Waals surface area contributed by atoms with Gasteiger partial charge in [0.05, 0.1) is 5.52 Å². The topological polar surface area (TPSA) is 43.2 Å². The first kappa shape index (κ1) is 35.3. The third-order valence-corrected chi connectivity index (χ3v) is 13.6. The second kappa shape index (κ2) is 13.4. The van der Waals surface area contributed by atoms with Crippen LogP contribution in [0.25, 0.3) is 116 Å². The largest absolute Gasteiger partial charge is 0.456 e. The normalized spacial score (nSPS) is 12.3. The first-order valence-electron chi connectivity index (χ1n) is 22.0. The van der Waals surface area contributed by atoms with Gasteiger partial charge in [0.2, 0.25) is 0 Å². The highest BCUT2D eigenvalue weighted by atomic mass is 16.3. The number of aryl methyl sites for hydroxylation is 1. The van der Waals surface area contributed by atoms with Gasteiger partial charge < -0.3 is 18.7 Å². The Kier molecular flexibility index (Phi) is 7.38. The fraction of sp³-hybridized carbons (Fsp3) is 0.0169. The smallest absolute Gasteiger partial charge is 0.198 e. The summed E-state index contributed by atoms with van der Waals surface area (Å²) in [4.78, 5) is 0. The summed E-state index contributed by atoms with van der Waals surface area (Å²) in [5, 5.41) is 13.3. The van der Waals surface area contributed by atoms with E-state index in [0.29, 0.717) is 7.28 Å². The number of anilines is 2. The second-order valence-corrected chi connectivity index (χ2v) is 17.3. The van der Waals surface area contributed by atoms with Crippen molar-refractivity contribution < 1.29 is 8.83 Å². The average molecular weight is 817 g/mol. The summed E-state index contributed by atoms with van der Waals surface area (Å²) in [6.07, 6.45) is 0. The monoisotopic (exact) mass is 816 g/mol. The van der Waals surface area contributed by atoms with Gasteiger partial charge in [-0.25, -0.2) is 0 Å². The van der Waals surface area contributed by atoms with Gasteiger partial charge in [-0.3, -0.25) is 0 Å². The molecule has 0 saturated heterocycles. The van der Waals surface area contributed by atoms with Gasteiger partial charge in [0.15, 0.2) is 7.28 Å². The standard InChI is InChI=1S/C59H37BN2O2/c1-34-23-26-37(27-24-34)61-50-30-45-41-19-9-11-21-52(41)63-54(45)32-44(50)48-29-47(40-18-8-7-16-38(40)35-13-3-2-4-14-35)56-43-28-25-36-15-5-6-17-39(36)58(43)62-51-31-46-42-20-10-12-22-53(42)64-55(46)33-49(51)60-57(48)59(56)62/h2-33,60-61H,1H3. The molecule has 4 nitrogen and oxygen atoms in total. The SMILES string of the molecule is Cc1ccc(Nc2cc3c(cc2-c2cc(-c4ccccc4-c4ccccc4)c4c5ccc6ccccc6c5n5c4c2Bc2cc4oc6ccccc6c4cc2-5)oc2ccccc23)cc1. The molecule has 0 fully saturated rings. The number of hydrogen-bond acceptors (Lipinski definition) is 3. The van der Waals surface area contributed by atoms with Gasteiger partial charge in [-0.15, -0.1) is 0 Å². The van der Waals surface area contributed by atoms with Crippen molar-refractivity contribution in [1.82, 2.24) is 4.57 Å². The fourth-order valence-corrected chi connectivity index (χ4v) is 10.7. The minimum atomic E-state index is 0.713. The summed E-state index contributed by atoms with van der Waals surface area (Å²) >= 11 is 0. The molecule has 64 heavy (non-hydrogen) atoms. The predicted molar refractivity (Wildman–Crippen MR) is 270 cm³/mol. The van der Waals surface area contributed by atoms with E-state index in [1.807, 2.05) is 6.07 Å². The molecule has 1 N–H and O–H groups in total. The Labute approximate surface area is 368 Å². The first-order valence-corrected chi connectivity index (χ1v) is 22.0. The minimum Gasteiger partial charge on any atom is -0.456 e. The molecule has 0 aliphatic carbocycles. The summed E-state index contributed by atoms with van der Waals surface area (Å²) in [5.41, 5.74) is 19.9. The van der Waals surface area contributed by atoms with Crippen LogP contribution >= 0.6 is 0 Å². The maximum atomic E-state index is 6.71. The minimum absolute atomic E-state index is 0.713. The third kappa shape index (κ3) is 5.12. The number of benzene rings is 10. The molecule has 298 valence electrons. The molecule has 1 aliphatic rings. The molecule has 0 saturated carbocycles. The Hall–Kier alpha value is -8.28. The van der Waals surface area contributed by atoms with E-state index >= 15 is 0 Å². The predicted octanol–water partition coefficient (Wildman–Crippen LogP) is 14.5. The third-order valence-electron chi connectivity index (χ3n) is 13.6. The van der Waals surface area contributed by atoms with E-state index in [9.17, 15) is 0 Å². The van der Waals surface area contributed by atoms with Gasteiger partial charge in [0, 0.05) is 65.8 Å². The number of fused-ring (bicyclic) bond motifs is 13. The Morgan fingerprint density at radius 3 is 1.88 bits per heavy atom. The average Bonchev–Trinajstić information content (AvgIpc) is 4.02. The lowest BCUT2D eigenvalue weighted by molar-refractivity contribution is 0.669. The van der Waals surface area contributed by atoms with Gasteiger partial charge in [-0.2, -0.15) is 0 Å². The number of nitrogens with one attached hydrogen (secondary N) is 1. The van der Waals surface area contributed by atoms with E-state index < -0.39 is 0 Å². The maximum Gasteiger partial charge on any atom is 0.198 e. The van der Waals surface area contributed by atoms with Gasteiger partial charge in [0.25, 0.3) is 0 Å². The quantitative estimate of drug-likeness (QED) is 0.176. The van der Waals surface area contributed by atoms with Crippen LogP contribution in [0.3, 0.4) is 0 Å². The molecule has 4 heterocycles. The molecule has 14 rings (SSSR count). The molecule has 0 bridgehead atoms. The van der Waals surface area contributed by atoms with E-state index in [2.05, 4.69) is 205 Å². The van der Waals surface area contributed by atoms with E-state index in [1.54, 1.807) is 0 Å². The molecule has 0 spiro atoms. The van der Waals surface area contributed by atoms with Crippen LogP contribution < -0.4 is 16.2 Å². The molecule has 10 aromatic carbocycles. The lowest BCUT2D eigenvalue weighted by Crippen LogP contribution is -2.37. The molecule has 1 aliphatic heterocycles. The van der Waals surface area contributed by atoms with Crippen molar-refractivity contribution in [1.29, 1.82) is 0 Å². The number of hydrogen-bond donors (Lipinski definition) is 1. The highest BCUT2D eigenvalue weighted by molar-refractivity contribution is 6.74. The van der Waals surface area contributed by atoms with Crippen LogP contribution in [0.4, 0.5) is 11.4 Å². The molecule has 0 atom stereocenters. The van der Waals surface area contributed by atoms with Crippen LogP contribution in [-0.4, -0.2) is 11.8 Å². The zero-order chi connectivity index (χ0) is 42.0. The van der Waals surface area contributed by atoms with Crippen LogP contribution in [0.5, 0.6) is 0 Å². The molecular formula is C59H37BN2O2. The number of furan rings is 2. The molecule has 0 unspecified atom stereocenters. The molecule has 0 amide bonds. The molecule has 5 heteroatoms. The van der Waals surface area contributed by atoms with E-state index in [-0.39, 0.29) is 0 Å². The van der Waals surface area contributed by atoms with Crippen molar-refractivity contribution in [2.75, 3.05) is 5.32 Å². The summed E-state index contributed by atoms with van der Waals surface area (Å²) in [5.74, 6) is 0. The van der Waals surface area contributed by atoms with E-state index in [0.717, 1.165) is 66.4 Å². The van der Waals surface area contributed by atoms with Crippen LogP contribution in [-0.2, 0) is 0 Å².